The molecule has 2 heterocycles. The standard InChI is InChI=1S/C8H9N5/c9-6-4-1-2-12-3-5(4)7(10)13-8(6)11/h1-3H,9H2,(H4,10,11,13). The highest BCUT2D eigenvalue weighted by molar-refractivity contribution is 6.01. The molecule has 0 unspecified atom stereocenters. The molecule has 0 aliphatic heterocycles. The molecule has 6 N–H and O–H groups in total. The van der Waals surface area contributed by atoms with Crippen molar-refractivity contribution in [2.24, 2.45) is 0 Å². The van der Waals surface area contributed by atoms with E-state index in [-0.39, 0.29) is 5.82 Å². The molecule has 5 heteroatoms. The molecular weight excluding hydrogens is 166 g/mol. The Bertz CT molecular complexity index is 465. The summed E-state index contributed by atoms with van der Waals surface area (Å²) in [6.45, 7) is 0. The predicted molar refractivity (Wildman–Crippen MR) is 52.8 cm³/mol. The summed E-state index contributed by atoms with van der Waals surface area (Å²) in [6, 6.07) is 1.76. The fourth-order valence-corrected chi connectivity index (χ4v) is 1.22. The van der Waals surface area contributed by atoms with Gasteiger partial charge in [0.1, 0.15) is 11.6 Å². The van der Waals surface area contributed by atoms with E-state index < -0.39 is 0 Å². The molecule has 66 valence electrons. The number of rotatable bonds is 0. The molecule has 0 fully saturated rings. The molecule has 2 aromatic heterocycles. The SMILES string of the molecule is Nc1nc(N)c2cnccc2c1N. The molecular formula is C8H9N5. The van der Waals surface area contributed by atoms with Gasteiger partial charge in [0.2, 0.25) is 0 Å². The Morgan fingerprint density at radius 2 is 1.77 bits per heavy atom. The zero-order valence-corrected chi connectivity index (χ0v) is 6.86. The summed E-state index contributed by atoms with van der Waals surface area (Å²) < 4.78 is 0. The highest BCUT2D eigenvalue weighted by Gasteiger charge is 2.06. The first-order chi connectivity index (χ1) is 6.20. The number of anilines is 3. The zero-order valence-electron chi connectivity index (χ0n) is 6.86. The molecule has 0 radical (unpaired) electrons. The summed E-state index contributed by atoms with van der Waals surface area (Å²) in [5, 5.41) is 1.52. The molecule has 0 atom stereocenters. The van der Waals surface area contributed by atoms with Crippen molar-refractivity contribution in [1.29, 1.82) is 0 Å². The van der Waals surface area contributed by atoms with Crippen molar-refractivity contribution in [2.45, 2.75) is 0 Å². The van der Waals surface area contributed by atoms with Crippen LogP contribution in [0.15, 0.2) is 18.5 Å². The predicted octanol–water partition coefficient (Wildman–Crippen LogP) is 0.376. The Balaban J connectivity index is 2.97. The summed E-state index contributed by atoms with van der Waals surface area (Å²) in [5.41, 5.74) is 17.4. The van der Waals surface area contributed by atoms with Crippen LogP contribution < -0.4 is 17.2 Å². The summed E-state index contributed by atoms with van der Waals surface area (Å²) in [5.74, 6) is 0.617. The van der Waals surface area contributed by atoms with Gasteiger partial charge >= 0.3 is 0 Å². The maximum Gasteiger partial charge on any atom is 0.149 e. The molecule has 0 amide bonds. The lowest BCUT2D eigenvalue weighted by Crippen LogP contribution is -2.02. The van der Waals surface area contributed by atoms with Crippen molar-refractivity contribution >= 4 is 28.1 Å². The Kier molecular flexibility index (Phi) is 1.45. The second-order valence-corrected chi connectivity index (χ2v) is 2.72. The average molecular weight is 175 g/mol. The van der Waals surface area contributed by atoms with E-state index in [2.05, 4.69) is 9.97 Å². The topological polar surface area (TPSA) is 104 Å². The summed E-state index contributed by atoms with van der Waals surface area (Å²) >= 11 is 0. The van der Waals surface area contributed by atoms with E-state index in [1.165, 1.54) is 0 Å². The number of pyridine rings is 2. The van der Waals surface area contributed by atoms with Gasteiger partial charge in [-0.3, -0.25) is 4.98 Å². The van der Waals surface area contributed by atoms with Crippen LogP contribution in [0.5, 0.6) is 0 Å². The molecule has 5 nitrogen and oxygen atoms in total. The van der Waals surface area contributed by atoms with Crippen LogP contribution in [0.3, 0.4) is 0 Å². The van der Waals surface area contributed by atoms with Gasteiger partial charge in [-0.1, -0.05) is 0 Å². The van der Waals surface area contributed by atoms with E-state index in [9.17, 15) is 0 Å². The average Bonchev–Trinajstić information content (AvgIpc) is 2.15. The molecule has 0 spiro atoms. The van der Waals surface area contributed by atoms with Crippen LogP contribution in [-0.2, 0) is 0 Å². The van der Waals surface area contributed by atoms with Crippen LogP contribution in [0.4, 0.5) is 17.3 Å². The van der Waals surface area contributed by atoms with Gasteiger partial charge in [-0.25, -0.2) is 4.98 Å². The van der Waals surface area contributed by atoms with Crippen LogP contribution in [0, 0.1) is 0 Å². The van der Waals surface area contributed by atoms with Crippen molar-refractivity contribution < 1.29 is 0 Å². The van der Waals surface area contributed by atoms with E-state index in [1.807, 2.05) is 0 Å². The third-order valence-corrected chi connectivity index (χ3v) is 1.90. The number of hydrogen-bond donors (Lipinski definition) is 3. The van der Waals surface area contributed by atoms with E-state index >= 15 is 0 Å². The van der Waals surface area contributed by atoms with Crippen molar-refractivity contribution in [3.63, 3.8) is 0 Å². The van der Waals surface area contributed by atoms with Crippen molar-refractivity contribution in [1.82, 2.24) is 9.97 Å². The molecule has 2 rings (SSSR count). The van der Waals surface area contributed by atoms with Crippen molar-refractivity contribution in [3.05, 3.63) is 18.5 Å². The van der Waals surface area contributed by atoms with Gasteiger partial charge < -0.3 is 17.2 Å². The van der Waals surface area contributed by atoms with E-state index in [1.54, 1.807) is 18.5 Å². The lowest BCUT2D eigenvalue weighted by molar-refractivity contribution is 1.33. The molecule has 13 heavy (non-hydrogen) atoms. The second-order valence-electron chi connectivity index (χ2n) is 2.72. The highest BCUT2D eigenvalue weighted by atomic mass is 14.9. The van der Waals surface area contributed by atoms with Crippen LogP contribution in [-0.4, -0.2) is 9.97 Å². The minimum absolute atomic E-state index is 0.260. The Labute approximate surface area is 74.6 Å². The molecule has 0 saturated heterocycles. The van der Waals surface area contributed by atoms with Crippen LogP contribution in [0.1, 0.15) is 0 Å². The summed E-state index contributed by atoms with van der Waals surface area (Å²) in [7, 11) is 0. The lowest BCUT2D eigenvalue weighted by atomic mass is 10.2. The maximum absolute atomic E-state index is 5.72. The monoisotopic (exact) mass is 175 g/mol. The number of nitrogens with zero attached hydrogens (tertiary/aromatic N) is 2. The Morgan fingerprint density at radius 1 is 1.00 bits per heavy atom. The summed E-state index contributed by atoms with van der Waals surface area (Å²) in [6.07, 6.45) is 3.26. The fraction of sp³-hybridized carbons (Fsp3) is 0. The number of nitrogen functional groups attached to an aromatic ring is 3. The van der Waals surface area contributed by atoms with Crippen LogP contribution in [0.2, 0.25) is 0 Å². The highest BCUT2D eigenvalue weighted by Crippen LogP contribution is 2.27. The van der Waals surface area contributed by atoms with Gasteiger partial charge in [0.15, 0.2) is 0 Å². The van der Waals surface area contributed by atoms with E-state index in [0.717, 1.165) is 10.8 Å². The molecule has 2 aromatic rings. The first-order valence-corrected chi connectivity index (χ1v) is 3.74. The van der Waals surface area contributed by atoms with Gasteiger partial charge in [0.25, 0.3) is 0 Å². The van der Waals surface area contributed by atoms with Crippen LogP contribution >= 0.6 is 0 Å². The number of aromatic nitrogens is 2. The number of nitrogens with two attached hydrogens (primary N) is 3. The first-order valence-electron chi connectivity index (χ1n) is 3.74. The maximum atomic E-state index is 5.72. The van der Waals surface area contributed by atoms with E-state index in [4.69, 9.17) is 17.2 Å². The first kappa shape index (κ1) is 7.60. The largest absolute Gasteiger partial charge is 0.395 e. The fourth-order valence-electron chi connectivity index (χ4n) is 1.22. The van der Waals surface area contributed by atoms with E-state index in [0.29, 0.717) is 11.5 Å². The lowest BCUT2D eigenvalue weighted by Gasteiger charge is -2.05. The third-order valence-electron chi connectivity index (χ3n) is 1.90. The molecule has 0 bridgehead atoms. The van der Waals surface area contributed by atoms with Gasteiger partial charge in [-0.05, 0) is 6.07 Å². The van der Waals surface area contributed by atoms with Crippen LogP contribution in [0.25, 0.3) is 10.8 Å². The molecule has 0 aliphatic carbocycles. The minimum atomic E-state index is 0.260. The van der Waals surface area contributed by atoms with Crippen molar-refractivity contribution in [2.75, 3.05) is 17.2 Å². The second kappa shape index (κ2) is 2.48. The van der Waals surface area contributed by atoms with Gasteiger partial charge in [0.05, 0.1) is 5.69 Å². The smallest absolute Gasteiger partial charge is 0.149 e. The summed E-state index contributed by atoms with van der Waals surface area (Å²) in [4.78, 5) is 7.82. The Morgan fingerprint density at radius 3 is 2.54 bits per heavy atom. The normalized spacial score (nSPS) is 10.5. The molecule has 0 aliphatic rings. The quantitative estimate of drug-likeness (QED) is 0.536. The number of hydrogen-bond acceptors (Lipinski definition) is 5. The molecule has 0 aromatic carbocycles. The van der Waals surface area contributed by atoms with Gasteiger partial charge in [-0.2, -0.15) is 0 Å². The number of fused-ring (bicyclic) bond motifs is 1. The van der Waals surface area contributed by atoms with Gasteiger partial charge in [-0.15, -0.1) is 0 Å². The zero-order chi connectivity index (χ0) is 9.42. The molecule has 0 saturated carbocycles. The minimum Gasteiger partial charge on any atom is -0.395 e. The van der Waals surface area contributed by atoms with Gasteiger partial charge in [0, 0.05) is 23.2 Å². The van der Waals surface area contributed by atoms with Crippen molar-refractivity contribution in [3.8, 4) is 0 Å². The Hall–Kier alpha value is -2.04. The third kappa shape index (κ3) is 1.01.